The predicted molar refractivity (Wildman–Crippen MR) is 340 cm³/mol. The van der Waals surface area contributed by atoms with Crippen molar-refractivity contribution in [2.45, 2.75) is 324 Å². The smallest absolute Gasteiger partial charge is 0.306 e. The molecule has 7 nitrogen and oxygen atoms in total. The first-order valence-corrected chi connectivity index (χ1v) is 34.6. The zero-order valence-corrected chi connectivity index (χ0v) is 56.4. The Bertz CT molecular complexity index is 1490. The highest BCUT2D eigenvalue weighted by Gasteiger charge is 2.53. The third-order valence-electron chi connectivity index (χ3n) is 18.9. The van der Waals surface area contributed by atoms with Crippen molar-refractivity contribution in [1.29, 1.82) is 0 Å². The summed E-state index contributed by atoms with van der Waals surface area (Å²) >= 11 is 0. The number of fused-ring (bicyclic) bond motifs is 2. The second-order valence-electron chi connectivity index (χ2n) is 29.9. The first kappa shape index (κ1) is 75.4. The van der Waals surface area contributed by atoms with Crippen molar-refractivity contribution >= 4 is 17.9 Å². The molecule has 468 valence electrons. The van der Waals surface area contributed by atoms with Gasteiger partial charge in [0, 0.05) is 19.3 Å². The maximum Gasteiger partial charge on any atom is 0.306 e. The predicted octanol–water partition coefficient (Wildman–Crippen LogP) is 21.1. The lowest BCUT2D eigenvalue weighted by atomic mass is 9.47. The number of carbonyl (C=O) groups is 3. The van der Waals surface area contributed by atoms with E-state index >= 15 is 0 Å². The Morgan fingerprint density at radius 1 is 0.443 bits per heavy atom. The van der Waals surface area contributed by atoms with Gasteiger partial charge < -0.3 is 19.1 Å². The Morgan fingerprint density at radius 2 is 0.772 bits per heavy atom. The largest absolute Gasteiger partial charge is 0.466 e. The Balaban J connectivity index is 0.0000154. The normalized spacial score (nSPS) is 22.6. The molecule has 0 N–H and O–H groups in total. The van der Waals surface area contributed by atoms with Crippen LogP contribution in [0.3, 0.4) is 0 Å². The van der Waals surface area contributed by atoms with Crippen LogP contribution in [0.5, 0.6) is 0 Å². The highest BCUT2D eigenvalue weighted by molar-refractivity contribution is 5.70. The van der Waals surface area contributed by atoms with Crippen LogP contribution in [0, 0.1) is 81.3 Å². The van der Waals surface area contributed by atoms with Crippen LogP contribution in [0.4, 0.5) is 0 Å². The second-order valence-corrected chi connectivity index (χ2v) is 29.9. The maximum atomic E-state index is 13.8. The van der Waals surface area contributed by atoms with Gasteiger partial charge in [-0.1, -0.05) is 202 Å². The van der Waals surface area contributed by atoms with Gasteiger partial charge in [0.15, 0.2) is 0 Å². The van der Waals surface area contributed by atoms with E-state index < -0.39 is 0 Å². The average Bonchev–Trinajstić information content (AvgIpc) is 3.40. The molecule has 0 spiro atoms. The summed E-state index contributed by atoms with van der Waals surface area (Å²) in [6.07, 6.45) is 34.1. The fraction of sp³-hybridized carbons (Fsp3) is 0.958. The van der Waals surface area contributed by atoms with E-state index in [9.17, 15) is 14.4 Å². The molecule has 0 aromatic rings. The molecule has 0 saturated heterocycles. The molecule has 2 aliphatic rings. The van der Waals surface area contributed by atoms with Crippen LogP contribution < -0.4 is 0 Å². The summed E-state index contributed by atoms with van der Waals surface area (Å²) in [6, 6.07) is 0. The summed E-state index contributed by atoms with van der Waals surface area (Å²) in [5.74, 6) is 6.87. The molecule has 2 saturated carbocycles. The van der Waals surface area contributed by atoms with Gasteiger partial charge in [0.2, 0.25) is 0 Å². The van der Waals surface area contributed by atoms with Gasteiger partial charge in [-0.25, -0.2) is 0 Å². The number of rotatable bonds is 46. The number of carbonyl (C=O) groups excluding carboxylic acids is 3. The van der Waals surface area contributed by atoms with Crippen molar-refractivity contribution in [2.75, 3.05) is 39.5 Å². The lowest BCUT2D eigenvalue weighted by Gasteiger charge is -2.58. The third-order valence-corrected chi connectivity index (χ3v) is 18.9. The lowest BCUT2D eigenvalue weighted by Crippen LogP contribution is -2.47. The van der Waals surface area contributed by atoms with Crippen LogP contribution >= 0.6 is 0 Å². The molecule has 2 fully saturated rings. The zero-order chi connectivity index (χ0) is 59.4. The molecule has 0 heterocycles. The lowest BCUT2D eigenvalue weighted by molar-refractivity contribution is -0.146. The molecule has 8 atom stereocenters. The van der Waals surface area contributed by atoms with Gasteiger partial charge in [0.05, 0.1) is 19.8 Å². The van der Waals surface area contributed by atoms with E-state index in [1.807, 2.05) is 13.8 Å². The van der Waals surface area contributed by atoms with Gasteiger partial charge in [0.25, 0.3) is 0 Å². The van der Waals surface area contributed by atoms with Crippen LogP contribution in [0.25, 0.3) is 0 Å². The van der Waals surface area contributed by atoms with Crippen molar-refractivity contribution in [3.05, 3.63) is 0 Å². The molecule has 0 radical (unpaired) electrons. The first-order valence-electron chi connectivity index (χ1n) is 34.6. The average molecular weight is 1110 g/mol. The molecule has 0 amide bonds. The number of hydrogen-bond donors (Lipinski definition) is 0. The minimum Gasteiger partial charge on any atom is -0.466 e. The monoisotopic (exact) mass is 1110 g/mol. The van der Waals surface area contributed by atoms with Crippen LogP contribution in [-0.4, -0.2) is 62.3 Å². The summed E-state index contributed by atoms with van der Waals surface area (Å²) in [6.45, 7) is 46.1. The molecule has 7 heteroatoms. The highest BCUT2D eigenvalue weighted by Crippen LogP contribution is 2.64. The van der Waals surface area contributed by atoms with Gasteiger partial charge >= 0.3 is 17.9 Å². The molecule has 0 aromatic carbocycles. The Labute approximate surface area is 493 Å². The summed E-state index contributed by atoms with van der Waals surface area (Å²) < 4.78 is 18.2. The van der Waals surface area contributed by atoms with E-state index in [0.717, 1.165) is 114 Å². The second kappa shape index (κ2) is 42.2. The van der Waals surface area contributed by atoms with E-state index in [-0.39, 0.29) is 34.2 Å². The van der Waals surface area contributed by atoms with Gasteiger partial charge in [-0.2, -0.15) is 0 Å². The fourth-order valence-electron chi connectivity index (χ4n) is 15.5. The van der Waals surface area contributed by atoms with Crippen molar-refractivity contribution in [3.63, 3.8) is 0 Å². The SMILES string of the molecule is CC.CCN(CC)CCCC(=O)OCCCC1(C)CC2CC(C)(CCCOC(=O)CC(CC(C)CCCC(C)C)CC(C)CCCC(C)C)CC(CCCOC(=O)CC(CC(C)CCCC(C)C)CC(C)CCCC(C)C)(C2)C1. The van der Waals surface area contributed by atoms with Gasteiger partial charge in [-0.3, -0.25) is 14.4 Å². The van der Waals surface area contributed by atoms with Crippen molar-refractivity contribution in [1.82, 2.24) is 4.90 Å². The molecule has 8 unspecified atom stereocenters. The minimum atomic E-state index is -0.0574. The molecule has 0 aromatic heterocycles. The molecule has 2 aliphatic carbocycles. The van der Waals surface area contributed by atoms with E-state index in [2.05, 4.69) is 116 Å². The number of hydrogen-bond acceptors (Lipinski definition) is 7. The van der Waals surface area contributed by atoms with E-state index in [1.54, 1.807) is 0 Å². The van der Waals surface area contributed by atoms with Crippen LogP contribution in [0.15, 0.2) is 0 Å². The minimum absolute atomic E-state index is 0.00636. The number of ether oxygens (including phenoxy) is 3. The van der Waals surface area contributed by atoms with Gasteiger partial charge in [0.1, 0.15) is 0 Å². The third kappa shape index (κ3) is 36.6. The highest BCUT2D eigenvalue weighted by atomic mass is 16.5. The topological polar surface area (TPSA) is 82.1 Å². The molecule has 0 aliphatic heterocycles. The zero-order valence-electron chi connectivity index (χ0n) is 56.4. The van der Waals surface area contributed by atoms with Crippen LogP contribution in [0.1, 0.15) is 324 Å². The summed E-state index contributed by atoms with van der Waals surface area (Å²) in [4.78, 5) is 42.5. The van der Waals surface area contributed by atoms with E-state index in [4.69, 9.17) is 14.2 Å². The first-order chi connectivity index (χ1) is 37.4. The van der Waals surface area contributed by atoms with Gasteiger partial charge in [-0.15, -0.1) is 0 Å². The fourth-order valence-corrected chi connectivity index (χ4v) is 15.5. The summed E-state index contributed by atoms with van der Waals surface area (Å²) in [5, 5.41) is 0. The van der Waals surface area contributed by atoms with Gasteiger partial charge in [-0.05, 0) is 204 Å². The summed E-state index contributed by atoms with van der Waals surface area (Å²) in [7, 11) is 0. The van der Waals surface area contributed by atoms with Crippen molar-refractivity contribution < 1.29 is 28.6 Å². The Kier molecular flexibility index (Phi) is 40.3. The van der Waals surface area contributed by atoms with E-state index in [1.165, 1.54) is 109 Å². The molecule has 79 heavy (non-hydrogen) atoms. The molecular formula is C72H139NO6. The van der Waals surface area contributed by atoms with Crippen molar-refractivity contribution in [2.24, 2.45) is 81.3 Å². The number of esters is 3. The number of nitrogens with zero attached hydrogens (tertiary/aromatic N) is 1. The molecule has 2 bridgehead atoms. The standard InChI is InChI=1S/C70H133NO6.C2H6/c1-17-71(18-2)39-23-35-65(72)75-40-24-36-68(15)49-64-50-69(16,37-25-41-76-66(73)47-62(43-58(11)31-19-27-54(3)4)44-59(12)32-20-28-55(5)6)53-70(51-64,52-68)38-26-42-77-67(74)48-63(45-60(13)33-21-29-56(7)8)46-61(14)34-22-30-57(9)10;1-2/h54-64H,17-53H2,1-16H3;1-2H3. The maximum absolute atomic E-state index is 13.8. The summed E-state index contributed by atoms with van der Waals surface area (Å²) in [5.41, 5.74) is 0.544. The van der Waals surface area contributed by atoms with E-state index in [0.29, 0.717) is 80.5 Å². The van der Waals surface area contributed by atoms with Crippen LogP contribution in [-0.2, 0) is 28.6 Å². The molecular weight excluding hydrogens is 975 g/mol. The Morgan fingerprint density at radius 3 is 1.10 bits per heavy atom. The quantitative estimate of drug-likeness (QED) is 0.0341. The molecule has 2 rings (SSSR count). The van der Waals surface area contributed by atoms with Crippen LogP contribution in [0.2, 0.25) is 0 Å². The van der Waals surface area contributed by atoms with Crippen molar-refractivity contribution in [3.8, 4) is 0 Å². The Hall–Kier alpha value is -1.63.